The fraction of sp³-hybridized carbons (Fsp3) is 0.667. The number of rotatable bonds is 5. The Balaban J connectivity index is 1.83. The molecule has 0 saturated heterocycles. The van der Waals surface area contributed by atoms with E-state index in [1.54, 1.807) is 6.07 Å². The number of hydrogen-bond donors (Lipinski definition) is 1. The van der Waals surface area contributed by atoms with Crippen molar-refractivity contribution in [1.82, 2.24) is 5.32 Å². The third-order valence-corrected chi connectivity index (χ3v) is 5.80. The van der Waals surface area contributed by atoms with Gasteiger partial charge in [0.15, 0.2) is 0 Å². The van der Waals surface area contributed by atoms with Crippen LogP contribution in [0.1, 0.15) is 57.4 Å². The van der Waals surface area contributed by atoms with Crippen LogP contribution in [0.15, 0.2) is 18.2 Å². The molecule has 0 aliphatic heterocycles. The molecule has 1 aromatic carbocycles. The van der Waals surface area contributed by atoms with E-state index in [4.69, 9.17) is 11.6 Å². The van der Waals surface area contributed by atoms with E-state index in [-0.39, 0.29) is 11.2 Å². The fourth-order valence-electron chi connectivity index (χ4n) is 4.70. The van der Waals surface area contributed by atoms with E-state index < -0.39 is 0 Å². The van der Waals surface area contributed by atoms with E-state index in [2.05, 4.69) is 12.2 Å². The first-order valence-electron chi connectivity index (χ1n) is 8.26. The molecule has 0 amide bonds. The minimum Gasteiger partial charge on any atom is -0.316 e. The summed E-state index contributed by atoms with van der Waals surface area (Å²) in [5.74, 6) is -0.240. The standard InChI is InChI=1S/C18H25ClFN/c1-2-9-21-13-18(11-17(12-18)7-3-4-8-17)15-6-5-14(20)10-16(15)19/h5-6,10,21H,2-4,7-9,11-13H2,1H3. The maximum Gasteiger partial charge on any atom is 0.124 e. The van der Waals surface area contributed by atoms with Gasteiger partial charge in [0.2, 0.25) is 0 Å². The number of benzene rings is 1. The average Bonchev–Trinajstić information content (AvgIpc) is 2.87. The number of nitrogens with one attached hydrogen (secondary N) is 1. The van der Waals surface area contributed by atoms with Crippen LogP contribution in [0.5, 0.6) is 0 Å². The second-order valence-corrected chi connectivity index (χ2v) is 7.55. The highest BCUT2D eigenvalue weighted by molar-refractivity contribution is 6.31. The van der Waals surface area contributed by atoms with Crippen molar-refractivity contribution in [2.24, 2.45) is 5.41 Å². The van der Waals surface area contributed by atoms with E-state index in [0.29, 0.717) is 10.4 Å². The molecule has 3 heteroatoms. The van der Waals surface area contributed by atoms with Crippen molar-refractivity contribution in [2.75, 3.05) is 13.1 Å². The molecule has 0 heterocycles. The van der Waals surface area contributed by atoms with Gasteiger partial charge in [0, 0.05) is 17.0 Å². The van der Waals surface area contributed by atoms with Gasteiger partial charge in [0.25, 0.3) is 0 Å². The fourth-order valence-corrected chi connectivity index (χ4v) is 5.06. The Morgan fingerprint density at radius 1 is 1.24 bits per heavy atom. The Morgan fingerprint density at radius 2 is 1.95 bits per heavy atom. The zero-order valence-electron chi connectivity index (χ0n) is 12.9. The topological polar surface area (TPSA) is 12.0 Å². The highest BCUT2D eigenvalue weighted by Gasteiger charge is 2.56. The van der Waals surface area contributed by atoms with Crippen molar-refractivity contribution < 1.29 is 4.39 Å². The smallest absolute Gasteiger partial charge is 0.124 e. The van der Waals surface area contributed by atoms with Gasteiger partial charge >= 0.3 is 0 Å². The average molecular weight is 310 g/mol. The number of hydrogen-bond acceptors (Lipinski definition) is 1. The Bertz CT molecular complexity index is 500. The molecule has 3 rings (SSSR count). The molecule has 0 radical (unpaired) electrons. The van der Waals surface area contributed by atoms with Crippen LogP contribution >= 0.6 is 11.6 Å². The largest absolute Gasteiger partial charge is 0.316 e. The monoisotopic (exact) mass is 309 g/mol. The molecular weight excluding hydrogens is 285 g/mol. The van der Waals surface area contributed by atoms with Gasteiger partial charge < -0.3 is 5.32 Å². The molecule has 1 nitrogen and oxygen atoms in total. The van der Waals surface area contributed by atoms with Gasteiger partial charge in [-0.15, -0.1) is 0 Å². The van der Waals surface area contributed by atoms with Gasteiger partial charge in [-0.05, 0) is 61.8 Å². The lowest BCUT2D eigenvalue weighted by Gasteiger charge is -2.56. The van der Waals surface area contributed by atoms with Crippen molar-refractivity contribution in [3.8, 4) is 0 Å². The summed E-state index contributed by atoms with van der Waals surface area (Å²) in [7, 11) is 0. The summed E-state index contributed by atoms with van der Waals surface area (Å²) in [4.78, 5) is 0. The maximum absolute atomic E-state index is 13.4. The predicted molar refractivity (Wildman–Crippen MR) is 86.4 cm³/mol. The molecule has 2 aliphatic rings. The first-order valence-corrected chi connectivity index (χ1v) is 8.63. The summed E-state index contributed by atoms with van der Waals surface area (Å²) in [6.45, 7) is 4.19. The Morgan fingerprint density at radius 3 is 2.57 bits per heavy atom. The minimum absolute atomic E-state index is 0.115. The lowest BCUT2D eigenvalue weighted by molar-refractivity contribution is 0.0271. The van der Waals surface area contributed by atoms with Gasteiger partial charge in [-0.2, -0.15) is 0 Å². The Labute approximate surface area is 132 Å². The van der Waals surface area contributed by atoms with E-state index >= 15 is 0 Å². The molecule has 2 saturated carbocycles. The van der Waals surface area contributed by atoms with Gasteiger partial charge in [0.05, 0.1) is 0 Å². The molecular formula is C18H25ClFN. The summed E-state index contributed by atoms with van der Waals surface area (Å²) in [6.07, 6.45) is 9.02. The highest BCUT2D eigenvalue weighted by atomic mass is 35.5. The normalized spacial score (nSPS) is 22.4. The van der Waals surface area contributed by atoms with Gasteiger partial charge in [-0.1, -0.05) is 37.4 Å². The summed E-state index contributed by atoms with van der Waals surface area (Å²) in [5, 5.41) is 4.17. The van der Waals surface area contributed by atoms with E-state index in [9.17, 15) is 4.39 Å². The molecule has 21 heavy (non-hydrogen) atoms. The summed E-state index contributed by atoms with van der Waals surface area (Å²) >= 11 is 6.37. The van der Waals surface area contributed by atoms with Gasteiger partial charge in [-0.25, -0.2) is 4.39 Å². The van der Waals surface area contributed by atoms with Crippen LogP contribution in [0.3, 0.4) is 0 Å². The zero-order chi connectivity index (χ0) is 14.9. The van der Waals surface area contributed by atoms with Crippen molar-refractivity contribution in [2.45, 2.75) is 57.3 Å². The van der Waals surface area contributed by atoms with Gasteiger partial charge in [-0.3, -0.25) is 0 Å². The molecule has 2 fully saturated rings. The molecule has 0 aromatic heterocycles. The quantitative estimate of drug-likeness (QED) is 0.749. The highest BCUT2D eigenvalue weighted by Crippen LogP contribution is 2.63. The lowest BCUT2D eigenvalue weighted by atomic mass is 9.49. The first kappa shape index (κ1) is 15.3. The van der Waals surface area contributed by atoms with E-state index in [1.807, 2.05) is 6.07 Å². The number of halogens is 2. The second kappa shape index (κ2) is 5.89. The summed E-state index contributed by atoms with van der Waals surface area (Å²) < 4.78 is 13.4. The van der Waals surface area contributed by atoms with E-state index in [0.717, 1.165) is 25.1 Å². The second-order valence-electron chi connectivity index (χ2n) is 7.14. The molecule has 0 bridgehead atoms. The molecule has 116 valence electrons. The molecule has 1 spiro atoms. The minimum atomic E-state index is -0.240. The maximum atomic E-state index is 13.4. The molecule has 1 N–H and O–H groups in total. The Kier molecular flexibility index (Phi) is 4.29. The summed E-state index contributed by atoms with van der Waals surface area (Å²) in [5.41, 5.74) is 1.81. The molecule has 2 aliphatic carbocycles. The van der Waals surface area contributed by atoms with Crippen LogP contribution in [0, 0.1) is 11.2 Å². The third-order valence-electron chi connectivity index (χ3n) is 5.48. The van der Waals surface area contributed by atoms with Crippen molar-refractivity contribution >= 4 is 11.6 Å². The first-order chi connectivity index (χ1) is 10.1. The Hall–Kier alpha value is -0.600. The van der Waals surface area contributed by atoms with Crippen LogP contribution in [0.4, 0.5) is 4.39 Å². The third kappa shape index (κ3) is 2.85. The molecule has 0 unspecified atom stereocenters. The van der Waals surface area contributed by atoms with E-state index in [1.165, 1.54) is 44.6 Å². The molecule has 1 aromatic rings. The van der Waals surface area contributed by atoms with Crippen LogP contribution < -0.4 is 5.32 Å². The van der Waals surface area contributed by atoms with Crippen molar-refractivity contribution in [3.63, 3.8) is 0 Å². The lowest BCUT2D eigenvalue weighted by Crippen LogP contribution is -2.54. The van der Waals surface area contributed by atoms with Crippen LogP contribution in [0.25, 0.3) is 0 Å². The summed E-state index contributed by atoms with van der Waals surface area (Å²) in [6, 6.07) is 4.94. The zero-order valence-corrected chi connectivity index (χ0v) is 13.6. The SMILES string of the molecule is CCCNCC1(c2ccc(F)cc2Cl)CC2(CCCC2)C1. The van der Waals surface area contributed by atoms with Crippen molar-refractivity contribution in [3.05, 3.63) is 34.6 Å². The predicted octanol–water partition coefficient (Wildman–Crippen LogP) is 5.07. The van der Waals surface area contributed by atoms with Crippen LogP contribution in [-0.2, 0) is 5.41 Å². The van der Waals surface area contributed by atoms with Gasteiger partial charge in [0.1, 0.15) is 5.82 Å². The van der Waals surface area contributed by atoms with Crippen LogP contribution in [-0.4, -0.2) is 13.1 Å². The van der Waals surface area contributed by atoms with Crippen LogP contribution in [0.2, 0.25) is 5.02 Å². The van der Waals surface area contributed by atoms with Crippen molar-refractivity contribution in [1.29, 1.82) is 0 Å². The molecule has 0 atom stereocenters.